The van der Waals surface area contributed by atoms with Gasteiger partial charge in [-0.15, -0.1) is 0 Å². The predicted molar refractivity (Wildman–Crippen MR) is 84.7 cm³/mol. The van der Waals surface area contributed by atoms with Gasteiger partial charge in [0.2, 0.25) is 5.91 Å². The first-order valence-corrected chi connectivity index (χ1v) is 6.95. The molecule has 2 rings (SSSR count). The number of carbonyl (C=O) groups excluding carboxylic acids is 1. The van der Waals surface area contributed by atoms with Gasteiger partial charge in [-0.3, -0.25) is 14.9 Å². The van der Waals surface area contributed by atoms with Gasteiger partial charge in [-0.2, -0.15) is 0 Å². The number of nitro benzene ring substituents is 1. The Morgan fingerprint density at radius 1 is 1.00 bits per heavy atom. The summed E-state index contributed by atoms with van der Waals surface area (Å²) in [6, 6.07) is 15.9. The first-order chi connectivity index (χ1) is 10.7. The van der Waals surface area contributed by atoms with Gasteiger partial charge in [0.05, 0.1) is 11.3 Å². The fourth-order valence-corrected chi connectivity index (χ4v) is 2.03. The molecular formula is C16H17N3O3. The minimum Gasteiger partial charge on any atom is -0.378 e. The first kappa shape index (κ1) is 15.5. The average Bonchev–Trinajstić information content (AvgIpc) is 2.53. The van der Waals surface area contributed by atoms with Crippen molar-refractivity contribution in [3.05, 3.63) is 70.3 Å². The van der Waals surface area contributed by atoms with Crippen LogP contribution >= 0.6 is 0 Å². The van der Waals surface area contributed by atoms with E-state index >= 15 is 0 Å². The van der Waals surface area contributed by atoms with Gasteiger partial charge >= 0.3 is 0 Å². The van der Waals surface area contributed by atoms with Crippen molar-refractivity contribution in [2.75, 3.05) is 18.4 Å². The van der Waals surface area contributed by atoms with E-state index in [0.717, 1.165) is 5.56 Å². The van der Waals surface area contributed by atoms with Gasteiger partial charge in [0, 0.05) is 19.2 Å². The molecule has 0 radical (unpaired) electrons. The molecule has 0 saturated heterocycles. The lowest BCUT2D eigenvalue weighted by Gasteiger charge is -2.08. The zero-order chi connectivity index (χ0) is 15.8. The summed E-state index contributed by atoms with van der Waals surface area (Å²) in [7, 11) is 0. The molecular weight excluding hydrogens is 282 g/mol. The number of rotatable bonds is 7. The summed E-state index contributed by atoms with van der Waals surface area (Å²) in [5, 5.41) is 16.6. The van der Waals surface area contributed by atoms with Gasteiger partial charge in [-0.1, -0.05) is 42.5 Å². The zero-order valence-electron chi connectivity index (χ0n) is 12.0. The van der Waals surface area contributed by atoms with Gasteiger partial charge in [0.1, 0.15) is 5.69 Å². The van der Waals surface area contributed by atoms with E-state index in [0.29, 0.717) is 25.2 Å². The highest BCUT2D eigenvalue weighted by molar-refractivity contribution is 5.78. The second-order valence-corrected chi connectivity index (χ2v) is 4.71. The molecule has 0 aliphatic heterocycles. The highest BCUT2D eigenvalue weighted by atomic mass is 16.6. The molecule has 0 unspecified atom stereocenters. The van der Waals surface area contributed by atoms with Crippen LogP contribution in [0.25, 0.3) is 0 Å². The Hall–Kier alpha value is -2.89. The number of nitrogens with zero attached hydrogens (tertiary/aromatic N) is 1. The molecule has 0 aliphatic carbocycles. The molecule has 0 atom stereocenters. The third-order valence-electron chi connectivity index (χ3n) is 3.07. The second-order valence-electron chi connectivity index (χ2n) is 4.71. The van der Waals surface area contributed by atoms with Crippen LogP contribution < -0.4 is 10.6 Å². The molecule has 2 aromatic carbocycles. The Kier molecular flexibility index (Phi) is 5.48. The lowest BCUT2D eigenvalue weighted by atomic mass is 10.1. The van der Waals surface area contributed by atoms with Gasteiger partial charge in [0.25, 0.3) is 5.69 Å². The molecule has 0 aromatic heterocycles. The lowest BCUT2D eigenvalue weighted by Crippen LogP contribution is -2.30. The van der Waals surface area contributed by atoms with Crippen LogP contribution in [0.4, 0.5) is 11.4 Å². The summed E-state index contributed by atoms with van der Waals surface area (Å²) in [6.45, 7) is 0.823. The second kappa shape index (κ2) is 7.78. The van der Waals surface area contributed by atoms with Crippen LogP contribution in [-0.4, -0.2) is 23.9 Å². The van der Waals surface area contributed by atoms with Crippen molar-refractivity contribution in [3.63, 3.8) is 0 Å². The molecule has 6 nitrogen and oxygen atoms in total. The summed E-state index contributed by atoms with van der Waals surface area (Å²) in [5.74, 6) is -0.0736. The summed E-state index contributed by atoms with van der Waals surface area (Å²) in [4.78, 5) is 22.2. The van der Waals surface area contributed by atoms with Crippen LogP contribution in [0.2, 0.25) is 0 Å². The lowest BCUT2D eigenvalue weighted by molar-refractivity contribution is -0.384. The number of nitro groups is 1. The van der Waals surface area contributed by atoms with Crippen LogP contribution in [0, 0.1) is 10.1 Å². The van der Waals surface area contributed by atoms with Crippen LogP contribution in [0.5, 0.6) is 0 Å². The van der Waals surface area contributed by atoms with Crippen molar-refractivity contribution in [3.8, 4) is 0 Å². The Balaban J connectivity index is 1.75. The molecule has 22 heavy (non-hydrogen) atoms. The molecule has 0 heterocycles. The summed E-state index contributed by atoms with van der Waals surface area (Å²) in [6.07, 6.45) is 0.326. The van der Waals surface area contributed by atoms with E-state index in [4.69, 9.17) is 0 Å². The van der Waals surface area contributed by atoms with E-state index in [1.54, 1.807) is 18.2 Å². The maximum Gasteiger partial charge on any atom is 0.292 e. The minimum atomic E-state index is -0.434. The van der Waals surface area contributed by atoms with Crippen LogP contribution in [0.3, 0.4) is 0 Å². The molecule has 0 aliphatic rings. The highest BCUT2D eigenvalue weighted by Gasteiger charge is 2.11. The quantitative estimate of drug-likeness (QED) is 0.467. The molecule has 0 fully saturated rings. The number of carbonyl (C=O) groups is 1. The molecule has 2 N–H and O–H groups in total. The first-order valence-electron chi connectivity index (χ1n) is 6.95. The predicted octanol–water partition coefficient (Wildman–Crippen LogP) is 2.37. The van der Waals surface area contributed by atoms with Crippen LogP contribution in [-0.2, 0) is 11.2 Å². The molecule has 114 valence electrons. The van der Waals surface area contributed by atoms with E-state index in [2.05, 4.69) is 10.6 Å². The van der Waals surface area contributed by atoms with Gasteiger partial charge in [-0.05, 0) is 11.6 Å². The van der Waals surface area contributed by atoms with E-state index in [9.17, 15) is 14.9 Å². The Labute approximate surface area is 128 Å². The number of anilines is 1. The standard InChI is InChI=1S/C16H17N3O3/c20-16(12-13-6-2-1-3-7-13)18-11-10-17-14-8-4-5-9-15(14)19(21)22/h1-9,17H,10-12H2,(H,18,20). The molecule has 2 aromatic rings. The Morgan fingerprint density at radius 2 is 1.68 bits per heavy atom. The van der Waals surface area contributed by atoms with Crippen molar-refractivity contribution in [2.24, 2.45) is 0 Å². The van der Waals surface area contributed by atoms with Crippen LogP contribution in [0.15, 0.2) is 54.6 Å². The Bertz CT molecular complexity index is 644. The van der Waals surface area contributed by atoms with Gasteiger partial charge in [-0.25, -0.2) is 0 Å². The summed E-state index contributed by atoms with van der Waals surface area (Å²) < 4.78 is 0. The van der Waals surface area contributed by atoms with Crippen molar-refractivity contribution in [1.29, 1.82) is 0 Å². The van der Waals surface area contributed by atoms with E-state index in [-0.39, 0.29) is 11.6 Å². The van der Waals surface area contributed by atoms with E-state index < -0.39 is 4.92 Å². The van der Waals surface area contributed by atoms with Crippen molar-refractivity contribution < 1.29 is 9.72 Å². The third kappa shape index (κ3) is 4.59. The third-order valence-corrected chi connectivity index (χ3v) is 3.07. The minimum absolute atomic E-state index is 0.0260. The molecule has 1 amide bonds. The number of para-hydroxylation sites is 2. The average molecular weight is 299 g/mol. The molecule has 6 heteroatoms. The largest absolute Gasteiger partial charge is 0.378 e. The van der Waals surface area contributed by atoms with Gasteiger partial charge < -0.3 is 10.6 Å². The highest BCUT2D eigenvalue weighted by Crippen LogP contribution is 2.22. The number of benzene rings is 2. The zero-order valence-corrected chi connectivity index (χ0v) is 12.0. The Morgan fingerprint density at radius 3 is 2.41 bits per heavy atom. The van der Waals surface area contributed by atoms with Crippen molar-refractivity contribution >= 4 is 17.3 Å². The van der Waals surface area contributed by atoms with Crippen molar-refractivity contribution in [1.82, 2.24) is 5.32 Å². The number of hydrogen-bond donors (Lipinski definition) is 2. The topological polar surface area (TPSA) is 84.3 Å². The van der Waals surface area contributed by atoms with Crippen molar-refractivity contribution in [2.45, 2.75) is 6.42 Å². The summed E-state index contributed by atoms with van der Waals surface area (Å²) >= 11 is 0. The SMILES string of the molecule is O=C(Cc1ccccc1)NCCNc1ccccc1[N+](=O)[O-]. The van der Waals surface area contributed by atoms with E-state index in [1.807, 2.05) is 30.3 Å². The monoisotopic (exact) mass is 299 g/mol. The number of nitrogens with one attached hydrogen (secondary N) is 2. The number of hydrogen-bond acceptors (Lipinski definition) is 4. The van der Waals surface area contributed by atoms with Gasteiger partial charge in [0.15, 0.2) is 0 Å². The fraction of sp³-hybridized carbons (Fsp3) is 0.188. The normalized spacial score (nSPS) is 10.0. The molecule has 0 saturated carbocycles. The molecule has 0 bridgehead atoms. The number of amides is 1. The van der Waals surface area contributed by atoms with Crippen LogP contribution in [0.1, 0.15) is 5.56 Å². The summed E-state index contributed by atoms with van der Waals surface area (Å²) in [5.41, 5.74) is 1.43. The maximum absolute atomic E-state index is 11.8. The molecule has 0 spiro atoms. The fourth-order valence-electron chi connectivity index (χ4n) is 2.03. The van der Waals surface area contributed by atoms with E-state index in [1.165, 1.54) is 6.07 Å². The smallest absolute Gasteiger partial charge is 0.292 e. The maximum atomic E-state index is 11.8.